The van der Waals surface area contributed by atoms with E-state index in [1.165, 1.54) is 6.07 Å². The SMILES string of the molecule is COC(=O)c1cc([N+](=O)[O-])c(SC(F)(F)F)cc1C#N. The Hall–Kier alpha value is -2.28. The van der Waals surface area contributed by atoms with Gasteiger partial charge in [0.2, 0.25) is 0 Å². The Kier molecular flexibility index (Phi) is 4.57. The van der Waals surface area contributed by atoms with E-state index in [1.54, 1.807) is 0 Å². The Bertz CT molecular complexity index is 610. The Morgan fingerprint density at radius 1 is 1.50 bits per heavy atom. The van der Waals surface area contributed by atoms with Gasteiger partial charge in [-0.15, -0.1) is 0 Å². The van der Waals surface area contributed by atoms with E-state index in [0.29, 0.717) is 12.1 Å². The molecule has 0 N–H and O–H groups in total. The van der Waals surface area contributed by atoms with E-state index in [1.807, 2.05) is 0 Å². The fourth-order valence-electron chi connectivity index (χ4n) is 1.29. The monoisotopic (exact) mass is 306 g/mol. The summed E-state index contributed by atoms with van der Waals surface area (Å²) in [4.78, 5) is 20.3. The molecule has 20 heavy (non-hydrogen) atoms. The first-order chi connectivity index (χ1) is 9.19. The number of rotatable bonds is 3. The molecule has 0 radical (unpaired) electrons. The zero-order valence-corrected chi connectivity index (χ0v) is 10.5. The first-order valence-corrected chi connectivity index (χ1v) is 5.58. The van der Waals surface area contributed by atoms with Gasteiger partial charge in [0, 0.05) is 6.07 Å². The molecular formula is C10H5F3N2O4S. The van der Waals surface area contributed by atoms with E-state index in [4.69, 9.17) is 5.26 Å². The van der Waals surface area contributed by atoms with Crippen LogP contribution in [0.3, 0.4) is 0 Å². The Morgan fingerprint density at radius 3 is 2.50 bits per heavy atom. The van der Waals surface area contributed by atoms with Crippen molar-refractivity contribution >= 4 is 23.4 Å². The summed E-state index contributed by atoms with van der Waals surface area (Å²) in [5.41, 5.74) is -6.58. The molecule has 0 aromatic heterocycles. The quantitative estimate of drug-likeness (QED) is 0.369. The van der Waals surface area contributed by atoms with Crippen LogP contribution in [0.2, 0.25) is 0 Å². The van der Waals surface area contributed by atoms with Crippen molar-refractivity contribution in [3.05, 3.63) is 33.4 Å². The number of nitrogens with zero attached hydrogens (tertiary/aromatic N) is 2. The molecule has 0 aliphatic rings. The average Bonchev–Trinajstić information content (AvgIpc) is 2.35. The van der Waals surface area contributed by atoms with Gasteiger partial charge in [0.15, 0.2) is 0 Å². The number of ether oxygens (including phenoxy) is 1. The van der Waals surface area contributed by atoms with E-state index >= 15 is 0 Å². The van der Waals surface area contributed by atoms with Gasteiger partial charge in [0.1, 0.15) is 6.07 Å². The van der Waals surface area contributed by atoms with E-state index in [0.717, 1.165) is 7.11 Å². The lowest BCUT2D eigenvalue weighted by atomic mass is 10.1. The maximum atomic E-state index is 12.3. The zero-order chi connectivity index (χ0) is 15.5. The van der Waals surface area contributed by atoms with Gasteiger partial charge in [-0.3, -0.25) is 10.1 Å². The molecule has 0 heterocycles. The molecule has 0 unspecified atom stereocenters. The fourth-order valence-corrected chi connectivity index (χ4v) is 1.95. The second-order valence-corrected chi connectivity index (χ2v) is 4.38. The van der Waals surface area contributed by atoms with Crippen molar-refractivity contribution in [2.24, 2.45) is 0 Å². The highest BCUT2D eigenvalue weighted by molar-refractivity contribution is 8.00. The predicted octanol–water partition coefficient (Wildman–Crippen LogP) is 2.86. The van der Waals surface area contributed by atoms with Crippen LogP contribution in [0.4, 0.5) is 18.9 Å². The molecule has 0 saturated carbocycles. The average molecular weight is 306 g/mol. The molecule has 6 nitrogen and oxygen atoms in total. The number of halogens is 3. The van der Waals surface area contributed by atoms with Crippen LogP contribution in [0.1, 0.15) is 15.9 Å². The molecule has 1 rings (SSSR count). The van der Waals surface area contributed by atoms with Gasteiger partial charge in [-0.1, -0.05) is 0 Å². The third kappa shape index (κ3) is 3.61. The van der Waals surface area contributed by atoms with E-state index < -0.39 is 49.9 Å². The smallest absolute Gasteiger partial charge is 0.446 e. The van der Waals surface area contributed by atoms with Crippen LogP contribution in [0, 0.1) is 21.4 Å². The third-order valence-corrected chi connectivity index (χ3v) is 2.83. The molecule has 10 heteroatoms. The Labute approximate surface area is 114 Å². The van der Waals surface area contributed by atoms with Gasteiger partial charge in [0.25, 0.3) is 5.69 Å². The number of nitro groups is 1. The first-order valence-electron chi connectivity index (χ1n) is 4.76. The van der Waals surface area contributed by atoms with E-state index in [9.17, 15) is 28.1 Å². The molecule has 0 spiro atoms. The van der Waals surface area contributed by atoms with Crippen LogP contribution < -0.4 is 0 Å². The van der Waals surface area contributed by atoms with Gasteiger partial charge in [-0.25, -0.2) is 4.79 Å². The summed E-state index contributed by atoms with van der Waals surface area (Å²) in [6.07, 6.45) is 0. The van der Waals surface area contributed by atoms with E-state index in [2.05, 4.69) is 4.74 Å². The molecule has 1 aromatic carbocycles. The van der Waals surface area contributed by atoms with Gasteiger partial charge >= 0.3 is 11.5 Å². The van der Waals surface area contributed by atoms with Crippen LogP contribution in [-0.2, 0) is 4.74 Å². The highest BCUT2D eigenvalue weighted by Crippen LogP contribution is 2.42. The van der Waals surface area contributed by atoms with E-state index in [-0.39, 0.29) is 0 Å². The van der Waals surface area contributed by atoms with Gasteiger partial charge in [0.05, 0.1) is 28.1 Å². The third-order valence-electron chi connectivity index (χ3n) is 2.05. The van der Waals surface area contributed by atoms with Crippen LogP contribution in [-0.4, -0.2) is 23.5 Å². The number of carbonyl (C=O) groups excluding carboxylic acids is 1. The Balaban J connectivity index is 3.50. The summed E-state index contributed by atoms with van der Waals surface area (Å²) < 4.78 is 41.2. The number of thioether (sulfide) groups is 1. The topological polar surface area (TPSA) is 93.2 Å². The van der Waals surface area contributed by atoms with Gasteiger partial charge in [-0.05, 0) is 17.8 Å². The predicted molar refractivity (Wildman–Crippen MR) is 61.1 cm³/mol. The lowest BCUT2D eigenvalue weighted by molar-refractivity contribution is -0.387. The second kappa shape index (κ2) is 5.79. The number of carbonyl (C=O) groups is 1. The molecule has 0 aliphatic carbocycles. The normalized spacial score (nSPS) is 10.8. The summed E-state index contributed by atoms with van der Waals surface area (Å²) in [5.74, 6) is -1.05. The number of esters is 1. The number of nitro benzene ring substituents is 1. The molecule has 0 amide bonds. The van der Waals surface area contributed by atoms with Crippen LogP contribution >= 0.6 is 11.8 Å². The second-order valence-electron chi connectivity index (χ2n) is 3.27. The molecular weight excluding hydrogens is 301 g/mol. The number of hydrogen-bond donors (Lipinski definition) is 0. The number of methoxy groups -OCH3 is 1. The highest BCUT2D eigenvalue weighted by Gasteiger charge is 2.34. The van der Waals surface area contributed by atoms with Gasteiger partial charge < -0.3 is 4.74 Å². The van der Waals surface area contributed by atoms with Crippen LogP contribution in [0.25, 0.3) is 0 Å². The fraction of sp³-hybridized carbons (Fsp3) is 0.200. The molecule has 0 aliphatic heterocycles. The van der Waals surface area contributed by atoms with Crippen molar-refractivity contribution in [3.63, 3.8) is 0 Å². The number of nitriles is 1. The molecule has 0 saturated heterocycles. The largest absolute Gasteiger partial charge is 0.465 e. The van der Waals surface area contributed by atoms with Crippen molar-refractivity contribution in [2.75, 3.05) is 7.11 Å². The number of benzene rings is 1. The van der Waals surface area contributed by atoms with Crippen molar-refractivity contribution in [3.8, 4) is 6.07 Å². The van der Waals surface area contributed by atoms with Crippen molar-refractivity contribution in [1.29, 1.82) is 5.26 Å². The van der Waals surface area contributed by atoms with Crippen LogP contribution in [0.5, 0.6) is 0 Å². The highest BCUT2D eigenvalue weighted by atomic mass is 32.2. The van der Waals surface area contributed by atoms with Crippen molar-refractivity contribution in [2.45, 2.75) is 10.4 Å². The molecule has 1 aromatic rings. The molecule has 106 valence electrons. The summed E-state index contributed by atoms with van der Waals surface area (Å²) >= 11 is -0.732. The maximum absolute atomic E-state index is 12.3. The summed E-state index contributed by atoms with van der Waals surface area (Å²) in [6, 6.07) is 2.74. The summed E-state index contributed by atoms with van der Waals surface area (Å²) in [6.45, 7) is 0. The number of hydrogen-bond acceptors (Lipinski definition) is 6. The molecule has 0 atom stereocenters. The number of alkyl halides is 3. The zero-order valence-electron chi connectivity index (χ0n) is 9.72. The minimum Gasteiger partial charge on any atom is -0.465 e. The minimum absolute atomic E-state index is 0.436. The minimum atomic E-state index is -4.76. The van der Waals surface area contributed by atoms with Crippen molar-refractivity contribution < 1.29 is 27.6 Å². The molecule has 0 bridgehead atoms. The lowest BCUT2D eigenvalue weighted by Gasteiger charge is -2.08. The van der Waals surface area contributed by atoms with Gasteiger partial charge in [-0.2, -0.15) is 18.4 Å². The Morgan fingerprint density at radius 2 is 2.10 bits per heavy atom. The first kappa shape index (κ1) is 15.8. The molecule has 0 fully saturated rings. The standard InChI is InChI=1S/C10H5F3N2O4S/c1-19-9(16)6-3-7(15(17)18)8(2-5(6)4-14)20-10(11,12)13/h2-3H,1H3. The van der Waals surface area contributed by atoms with Crippen molar-refractivity contribution in [1.82, 2.24) is 0 Å². The van der Waals surface area contributed by atoms with Crippen LogP contribution in [0.15, 0.2) is 17.0 Å². The summed E-state index contributed by atoms with van der Waals surface area (Å²) in [7, 11) is 0.980. The summed E-state index contributed by atoms with van der Waals surface area (Å²) in [5, 5.41) is 19.6. The lowest BCUT2D eigenvalue weighted by Crippen LogP contribution is -2.07. The maximum Gasteiger partial charge on any atom is 0.446 e.